The first kappa shape index (κ1) is 12.8. The van der Waals surface area contributed by atoms with Gasteiger partial charge < -0.3 is 4.74 Å². The van der Waals surface area contributed by atoms with Crippen molar-refractivity contribution in [3.63, 3.8) is 0 Å². The van der Waals surface area contributed by atoms with Crippen LogP contribution in [0.3, 0.4) is 0 Å². The Balaban J connectivity index is 1.94. The van der Waals surface area contributed by atoms with Crippen LogP contribution in [-0.2, 0) is 9.53 Å². The van der Waals surface area contributed by atoms with Crippen molar-refractivity contribution in [2.45, 2.75) is 31.7 Å². The van der Waals surface area contributed by atoms with Gasteiger partial charge in [0.2, 0.25) is 0 Å². The Labute approximate surface area is 104 Å². The Kier molecular flexibility index (Phi) is 4.35. The van der Waals surface area contributed by atoms with Crippen molar-refractivity contribution in [2.24, 2.45) is 11.8 Å². The highest BCUT2D eigenvalue weighted by Gasteiger charge is 2.36. The summed E-state index contributed by atoms with van der Waals surface area (Å²) in [6, 6.07) is 0.513. The fourth-order valence-electron chi connectivity index (χ4n) is 3.22. The first-order valence-corrected chi connectivity index (χ1v) is 6.64. The normalized spacial score (nSPS) is 34.4. The number of ketones is 1. The minimum absolute atomic E-state index is 0.185. The van der Waals surface area contributed by atoms with Crippen molar-refractivity contribution >= 4 is 5.78 Å². The average molecular weight is 237 g/mol. The van der Waals surface area contributed by atoms with Crippen LogP contribution in [0.5, 0.6) is 0 Å². The van der Waals surface area contributed by atoms with Gasteiger partial charge in [0.05, 0.1) is 6.61 Å². The molecule has 0 bridgehead atoms. The third-order valence-corrected chi connectivity index (χ3v) is 4.25. The summed E-state index contributed by atoms with van der Waals surface area (Å²) in [6.45, 7) is 6.67. The van der Waals surface area contributed by atoms with Crippen LogP contribution in [-0.4, -0.2) is 43.5 Å². The van der Waals surface area contributed by atoms with E-state index in [9.17, 15) is 4.79 Å². The molecule has 0 aromatic rings. The molecule has 1 aliphatic heterocycles. The van der Waals surface area contributed by atoms with Crippen molar-refractivity contribution in [3.8, 4) is 0 Å². The van der Waals surface area contributed by atoms with Gasteiger partial charge in [0, 0.05) is 32.0 Å². The topological polar surface area (TPSA) is 29.5 Å². The minimum atomic E-state index is 0.185. The smallest absolute Gasteiger partial charge is 0.137 e. The largest absolute Gasteiger partial charge is 0.383 e. The molecule has 0 N–H and O–H groups in total. The van der Waals surface area contributed by atoms with Crippen molar-refractivity contribution in [2.75, 3.05) is 26.8 Å². The number of carbonyl (C=O) groups excluding carboxylic acids is 1. The highest BCUT2D eigenvalue weighted by Crippen LogP contribution is 2.32. The Morgan fingerprint density at radius 2 is 2.35 bits per heavy atom. The summed E-state index contributed by atoms with van der Waals surface area (Å²) in [5, 5.41) is 0. The lowest BCUT2D eigenvalue weighted by atomic mass is 9.95. The van der Waals surface area contributed by atoms with E-state index >= 15 is 0 Å². The van der Waals surface area contributed by atoms with E-state index in [4.69, 9.17) is 4.74 Å². The molecule has 0 unspecified atom stereocenters. The van der Waals surface area contributed by atoms with Gasteiger partial charge in [-0.15, -0.1) is 6.58 Å². The number of Topliss-reactive ketones (excluding diaryl/α,β-unsaturated/α-hetero) is 1. The summed E-state index contributed by atoms with van der Waals surface area (Å²) in [6.07, 6.45) is 6.14. The van der Waals surface area contributed by atoms with Gasteiger partial charge in [-0.25, -0.2) is 0 Å². The summed E-state index contributed by atoms with van der Waals surface area (Å²) < 4.78 is 5.25. The molecule has 1 saturated heterocycles. The number of hydrogen-bond donors (Lipinski definition) is 0. The molecule has 2 rings (SSSR count). The van der Waals surface area contributed by atoms with Gasteiger partial charge in [0.1, 0.15) is 5.78 Å². The Morgan fingerprint density at radius 1 is 1.53 bits per heavy atom. The van der Waals surface area contributed by atoms with Crippen molar-refractivity contribution < 1.29 is 9.53 Å². The van der Waals surface area contributed by atoms with E-state index in [1.807, 2.05) is 6.08 Å². The number of hydrogen-bond acceptors (Lipinski definition) is 3. The fraction of sp³-hybridized carbons (Fsp3) is 0.786. The van der Waals surface area contributed by atoms with Crippen LogP contribution in [0.15, 0.2) is 12.7 Å². The molecule has 0 radical (unpaired) electrons. The quantitative estimate of drug-likeness (QED) is 0.684. The van der Waals surface area contributed by atoms with Crippen molar-refractivity contribution in [3.05, 3.63) is 12.7 Å². The van der Waals surface area contributed by atoms with E-state index < -0.39 is 0 Å². The first-order chi connectivity index (χ1) is 8.26. The van der Waals surface area contributed by atoms with Gasteiger partial charge in [0.25, 0.3) is 0 Å². The van der Waals surface area contributed by atoms with Crippen molar-refractivity contribution in [1.82, 2.24) is 4.90 Å². The maximum atomic E-state index is 11.9. The lowest BCUT2D eigenvalue weighted by Gasteiger charge is -2.28. The van der Waals surface area contributed by atoms with Gasteiger partial charge in [-0.05, 0) is 31.7 Å². The second-order valence-electron chi connectivity index (χ2n) is 5.26. The zero-order valence-electron chi connectivity index (χ0n) is 10.7. The monoisotopic (exact) mass is 237 g/mol. The molecule has 2 aliphatic rings. The average Bonchev–Trinajstić information content (AvgIpc) is 2.89. The molecule has 3 atom stereocenters. The van der Waals surface area contributed by atoms with E-state index in [1.165, 1.54) is 12.8 Å². The van der Waals surface area contributed by atoms with Crippen molar-refractivity contribution in [1.29, 1.82) is 0 Å². The second kappa shape index (κ2) is 5.78. The van der Waals surface area contributed by atoms with E-state index in [-0.39, 0.29) is 5.92 Å². The molecule has 1 saturated carbocycles. The molecule has 3 nitrogen and oxygen atoms in total. The number of likely N-dealkylation sites (tertiary alicyclic amines) is 1. The number of methoxy groups -OCH3 is 1. The highest BCUT2D eigenvalue weighted by molar-refractivity contribution is 5.84. The highest BCUT2D eigenvalue weighted by atomic mass is 16.5. The molecule has 17 heavy (non-hydrogen) atoms. The molecule has 0 aromatic heterocycles. The van der Waals surface area contributed by atoms with Crippen LogP contribution in [0.4, 0.5) is 0 Å². The van der Waals surface area contributed by atoms with Crippen LogP contribution in [0.25, 0.3) is 0 Å². The second-order valence-corrected chi connectivity index (χ2v) is 5.26. The summed E-state index contributed by atoms with van der Waals surface area (Å²) in [4.78, 5) is 14.3. The Bertz CT molecular complexity index is 290. The molecule has 3 heteroatoms. The summed E-state index contributed by atoms with van der Waals surface area (Å²) in [5.74, 6) is 1.01. The van der Waals surface area contributed by atoms with Gasteiger partial charge in [-0.3, -0.25) is 9.69 Å². The summed E-state index contributed by atoms with van der Waals surface area (Å²) in [5.41, 5.74) is 0. The van der Waals surface area contributed by atoms with E-state index in [0.717, 1.165) is 32.5 Å². The van der Waals surface area contributed by atoms with Gasteiger partial charge in [0.15, 0.2) is 0 Å². The molecular weight excluding hydrogens is 214 g/mol. The van der Waals surface area contributed by atoms with Crippen LogP contribution >= 0.6 is 0 Å². The maximum Gasteiger partial charge on any atom is 0.137 e. The molecule has 0 spiro atoms. The molecule has 1 heterocycles. The number of nitrogens with zero attached hydrogens (tertiary/aromatic N) is 1. The standard InChI is InChI=1S/C14H23NO2/c1-3-11-6-7-14(16)13(11)9-15-8-4-5-12(15)10-17-2/h3,11-13H,1,4-10H2,2H3/t11-,12-,13+/m0/s1. The Morgan fingerprint density at radius 3 is 3.06 bits per heavy atom. The molecular formula is C14H23NO2. The molecule has 96 valence electrons. The number of ether oxygens (including phenoxy) is 1. The van der Waals surface area contributed by atoms with Crippen LogP contribution in [0, 0.1) is 11.8 Å². The predicted molar refractivity (Wildman–Crippen MR) is 67.9 cm³/mol. The van der Waals surface area contributed by atoms with Gasteiger partial charge in [-0.2, -0.15) is 0 Å². The van der Waals surface area contributed by atoms with E-state index in [1.54, 1.807) is 7.11 Å². The van der Waals surface area contributed by atoms with Gasteiger partial charge >= 0.3 is 0 Å². The van der Waals surface area contributed by atoms with E-state index in [0.29, 0.717) is 17.7 Å². The number of rotatable bonds is 5. The lowest BCUT2D eigenvalue weighted by Crippen LogP contribution is -2.39. The molecule has 0 amide bonds. The minimum Gasteiger partial charge on any atom is -0.383 e. The first-order valence-electron chi connectivity index (χ1n) is 6.64. The summed E-state index contributed by atoms with van der Waals surface area (Å²) in [7, 11) is 1.75. The number of carbonyl (C=O) groups is 1. The van der Waals surface area contributed by atoms with Gasteiger partial charge in [-0.1, -0.05) is 6.08 Å². The van der Waals surface area contributed by atoms with Crippen LogP contribution < -0.4 is 0 Å². The third-order valence-electron chi connectivity index (χ3n) is 4.25. The van der Waals surface area contributed by atoms with E-state index in [2.05, 4.69) is 11.5 Å². The molecule has 2 fully saturated rings. The maximum absolute atomic E-state index is 11.9. The van der Waals surface area contributed by atoms with Crippen LogP contribution in [0.2, 0.25) is 0 Å². The predicted octanol–water partition coefficient (Wildman–Crippen LogP) is 1.88. The summed E-state index contributed by atoms with van der Waals surface area (Å²) >= 11 is 0. The molecule has 1 aliphatic carbocycles. The zero-order valence-corrected chi connectivity index (χ0v) is 10.7. The lowest BCUT2D eigenvalue weighted by molar-refractivity contribution is -0.121. The van der Waals surface area contributed by atoms with Crippen LogP contribution in [0.1, 0.15) is 25.7 Å². The fourth-order valence-corrected chi connectivity index (χ4v) is 3.22. The Hall–Kier alpha value is -0.670. The number of allylic oxidation sites excluding steroid dienone is 1. The zero-order chi connectivity index (χ0) is 12.3. The third kappa shape index (κ3) is 2.78. The molecule has 0 aromatic carbocycles. The SMILES string of the molecule is C=C[C@H]1CCC(=O)[C@@H]1CN1CCC[C@H]1COC.